The fraction of sp³-hybridized carbons (Fsp3) is 0. The number of anilines is 3. The summed E-state index contributed by atoms with van der Waals surface area (Å²) in [6.45, 7) is 0. The van der Waals surface area contributed by atoms with E-state index in [1.165, 1.54) is 54.5 Å². The van der Waals surface area contributed by atoms with Gasteiger partial charge in [-0.15, -0.1) is 0 Å². The molecule has 8 aromatic carbocycles. The molecule has 0 amide bonds. The van der Waals surface area contributed by atoms with E-state index < -0.39 is 0 Å². The van der Waals surface area contributed by atoms with Gasteiger partial charge in [-0.3, -0.25) is 0 Å². The van der Waals surface area contributed by atoms with Crippen molar-refractivity contribution in [2.24, 2.45) is 0 Å². The molecule has 0 aliphatic heterocycles. The monoisotopic (exact) mass is 586 g/mol. The summed E-state index contributed by atoms with van der Waals surface area (Å²) >= 11 is 0. The van der Waals surface area contributed by atoms with Crippen molar-refractivity contribution in [1.82, 2.24) is 4.57 Å². The Hall–Kier alpha value is -6.12. The van der Waals surface area contributed by atoms with Crippen LogP contribution in [0.1, 0.15) is 0 Å². The van der Waals surface area contributed by atoms with Crippen LogP contribution in [-0.4, -0.2) is 4.57 Å². The number of aromatic nitrogens is 1. The second-order valence-corrected chi connectivity index (χ2v) is 11.8. The normalized spacial score (nSPS) is 11.5. The van der Waals surface area contributed by atoms with Gasteiger partial charge in [0.1, 0.15) is 0 Å². The standard InChI is InChI=1S/C44H30N2/c1-3-13-36(14-4-1)45(38-25-21-32(22-26-38)35-20-19-31-11-7-8-12-34(31)29-35)39-27-23-33-24-28-41-40-17-9-10-18-43(40)46(44(41)42(33)30-39)37-15-5-2-6-16-37/h1-30H. The lowest BCUT2D eigenvalue weighted by atomic mass is 10.0. The summed E-state index contributed by atoms with van der Waals surface area (Å²) in [5.41, 5.74) is 9.39. The topological polar surface area (TPSA) is 8.17 Å². The number of hydrogen-bond acceptors (Lipinski definition) is 1. The molecule has 0 aliphatic rings. The largest absolute Gasteiger partial charge is 0.310 e. The highest BCUT2D eigenvalue weighted by Crippen LogP contribution is 2.41. The number of hydrogen-bond donors (Lipinski definition) is 0. The van der Waals surface area contributed by atoms with Crippen molar-refractivity contribution >= 4 is 60.4 Å². The van der Waals surface area contributed by atoms with E-state index in [0.29, 0.717) is 0 Å². The van der Waals surface area contributed by atoms with Gasteiger partial charge < -0.3 is 9.47 Å². The van der Waals surface area contributed by atoms with Gasteiger partial charge in [-0.2, -0.15) is 0 Å². The molecule has 1 heterocycles. The van der Waals surface area contributed by atoms with Crippen LogP contribution in [0.2, 0.25) is 0 Å². The van der Waals surface area contributed by atoms with E-state index >= 15 is 0 Å². The van der Waals surface area contributed by atoms with Gasteiger partial charge in [0, 0.05) is 38.9 Å². The first-order valence-corrected chi connectivity index (χ1v) is 15.8. The van der Waals surface area contributed by atoms with E-state index in [-0.39, 0.29) is 0 Å². The third-order valence-electron chi connectivity index (χ3n) is 9.13. The van der Waals surface area contributed by atoms with E-state index in [9.17, 15) is 0 Å². The Morgan fingerprint density at radius 1 is 0.348 bits per heavy atom. The second-order valence-electron chi connectivity index (χ2n) is 11.8. The zero-order chi connectivity index (χ0) is 30.5. The predicted molar refractivity (Wildman–Crippen MR) is 196 cm³/mol. The molecule has 0 N–H and O–H groups in total. The summed E-state index contributed by atoms with van der Waals surface area (Å²) in [6.07, 6.45) is 0. The van der Waals surface area contributed by atoms with Crippen molar-refractivity contribution in [3.05, 3.63) is 182 Å². The summed E-state index contributed by atoms with van der Waals surface area (Å²) in [4.78, 5) is 2.36. The van der Waals surface area contributed by atoms with Gasteiger partial charge in [0.25, 0.3) is 0 Å². The van der Waals surface area contributed by atoms with Crippen molar-refractivity contribution in [3.63, 3.8) is 0 Å². The molecule has 0 unspecified atom stereocenters. The average Bonchev–Trinajstić information content (AvgIpc) is 3.48. The zero-order valence-electron chi connectivity index (χ0n) is 25.2. The van der Waals surface area contributed by atoms with Gasteiger partial charge in [-0.1, -0.05) is 121 Å². The van der Waals surface area contributed by atoms with Crippen LogP contribution in [0.4, 0.5) is 17.1 Å². The Morgan fingerprint density at radius 3 is 1.78 bits per heavy atom. The van der Waals surface area contributed by atoms with Crippen LogP contribution < -0.4 is 4.90 Å². The van der Waals surface area contributed by atoms with Crippen LogP contribution in [0.3, 0.4) is 0 Å². The Morgan fingerprint density at radius 2 is 0.957 bits per heavy atom. The van der Waals surface area contributed by atoms with Gasteiger partial charge in [0.2, 0.25) is 0 Å². The summed E-state index contributed by atoms with van der Waals surface area (Å²) < 4.78 is 2.42. The van der Waals surface area contributed by atoms with E-state index in [2.05, 4.69) is 191 Å². The highest BCUT2D eigenvalue weighted by atomic mass is 15.1. The van der Waals surface area contributed by atoms with Crippen LogP contribution >= 0.6 is 0 Å². The predicted octanol–water partition coefficient (Wildman–Crippen LogP) is 12.2. The lowest BCUT2D eigenvalue weighted by Crippen LogP contribution is -2.09. The number of fused-ring (bicyclic) bond motifs is 6. The fourth-order valence-corrected chi connectivity index (χ4v) is 6.95. The van der Waals surface area contributed by atoms with E-state index in [0.717, 1.165) is 22.7 Å². The van der Waals surface area contributed by atoms with Crippen LogP contribution in [-0.2, 0) is 0 Å². The van der Waals surface area contributed by atoms with Crippen molar-refractivity contribution in [2.45, 2.75) is 0 Å². The second kappa shape index (κ2) is 10.8. The Kier molecular flexibility index (Phi) is 6.17. The Labute approximate surface area is 268 Å². The molecule has 0 spiro atoms. The third kappa shape index (κ3) is 4.35. The van der Waals surface area contributed by atoms with Crippen LogP contribution in [0.15, 0.2) is 182 Å². The van der Waals surface area contributed by atoms with E-state index in [1.807, 2.05) is 0 Å². The summed E-state index contributed by atoms with van der Waals surface area (Å²) in [5.74, 6) is 0. The van der Waals surface area contributed by atoms with Gasteiger partial charge >= 0.3 is 0 Å². The minimum atomic E-state index is 1.12. The summed E-state index contributed by atoms with van der Waals surface area (Å²) in [7, 11) is 0. The maximum Gasteiger partial charge on any atom is 0.0620 e. The molecular weight excluding hydrogens is 556 g/mol. The van der Waals surface area contributed by atoms with E-state index in [4.69, 9.17) is 0 Å². The van der Waals surface area contributed by atoms with E-state index in [1.54, 1.807) is 0 Å². The van der Waals surface area contributed by atoms with Crippen molar-refractivity contribution in [2.75, 3.05) is 4.90 Å². The van der Waals surface area contributed by atoms with Crippen LogP contribution in [0.5, 0.6) is 0 Å². The number of rotatable bonds is 5. The molecule has 2 nitrogen and oxygen atoms in total. The molecular formula is C44H30N2. The van der Waals surface area contributed by atoms with Crippen molar-refractivity contribution in [3.8, 4) is 16.8 Å². The number of para-hydroxylation sites is 3. The summed E-state index contributed by atoms with van der Waals surface area (Å²) in [6, 6.07) is 65.7. The first kappa shape index (κ1) is 26.3. The SMILES string of the molecule is c1ccc(N(c2ccc(-c3ccc4ccccc4c3)cc2)c2ccc3ccc4c5ccccc5n(-c5ccccc5)c4c3c2)cc1. The molecule has 46 heavy (non-hydrogen) atoms. The summed E-state index contributed by atoms with van der Waals surface area (Å²) in [5, 5.41) is 7.48. The molecule has 0 fully saturated rings. The average molecular weight is 587 g/mol. The fourth-order valence-electron chi connectivity index (χ4n) is 6.95. The van der Waals surface area contributed by atoms with Crippen LogP contribution in [0.25, 0.3) is 60.2 Å². The zero-order valence-corrected chi connectivity index (χ0v) is 25.2. The van der Waals surface area contributed by atoms with Gasteiger partial charge in [-0.05, 0) is 87.9 Å². The molecule has 9 rings (SSSR count). The lowest BCUT2D eigenvalue weighted by molar-refractivity contribution is 1.19. The number of benzene rings is 8. The molecule has 216 valence electrons. The third-order valence-corrected chi connectivity index (χ3v) is 9.13. The molecule has 0 saturated carbocycles. The highest BCUT2D eigenvalue weighted by molar-refractivity contribution is 6.19. The first-order chi connectivity index (χ1) is 22.8. The molecule has 0 bridgehead atoms. The molecule has 0 aliphatic carbocycles. The minimum Gasteiger partial charge on any atom is -0.310 e. The Bertz CT molecular complexity index is 2510. The van der Waals surface area contributed by atoms with Crippen molar-refractivity contribution < 1.29 is 0 Å². The first-order valence-electron chi connectivity index (χ1n) is 15.8. The molecule has 1 aromatic heterocycles. The minimum absolute atomic E-state index is 1.12. The maximum absolute atomic E-state index is 2.42. The van der Waals surface area contributed by atoms with Gasteiger partial charge in [0.15, 0.2) is 0 Å². The molecule has 0 atom stereocenters. The van der Waals surface area contributed by atoms with Crippen LogP contribution in [0, 0.1) is 0 Å². The van der Waals surface area contributed by atoms with Crippen molar-refractivity contribution in [1.29, 1.82) is 0 Å². The Balaban J connectivity index is 1.23. The number of nitrogens with zero attached hydrogens (tertiary/aromatic N) is 2. The highest BCUT2D eigenvalue weighted by Gasteiger charge is 2.18. The molecule has 2 heteroatoms. The van der Waals surface area contributed by atoms with Gasteiger partial charge in [-0.25, -0.2) is 0 Å². The molecule has 9 aromatic rings. The lowest BCUT2D eigenvalue weighted by Gasteiger charge is -2.26. The van der Waals surface area contributed by atoms with Gasteiger partial charge in [0.05, 0.1) is 11.0 Å². The maximum atomic E-state index is 2.42. The quantitative estimate of drug-likeness (QED) is 0.195. The smallest absolute Gasteiger partial charge is 0.0620 e. The molecule has 0 radical (unpaired) electrons. The molecule has 0 saturated heterocycles.